The van der Waals surface area contributed by atoms with Gasteiger partial charge in [0.1, 0.15) is 0 Å². The number of ether oxygens (including phenoxy) is 2. The molecule has 0 unspecified atom stereocenters. The van der Waals surface area contributed by atoms with Gasteiger partial charge in [-0.3, -0.25) is 0 Å². The van der Waals surface area contributed by atoms with Gasteiger partial charge in [0.05, 0.1) is 19.8 Å². The molecule has 0 saturated heterocycles. The van der Waals surface area contributed by atoms with Gasteiger partial charge in [0.15, 0.2) is 0 Å². The molecule has 0 rings (SSSR count). The summed E-state index contributed by atoms with van der Waals surface area (Å²) in [5, 5.41) is 0. The molecule has 0 spiro atoms. The van der Waals surface area contributed by atoms with Gasteiger partial charge in [-0.2, -0.15) is 0 Å². The second kappa shape index (κ2) is 14.9. The molecular formula is C15H33NO2. The van der Waals surface area contributed by atoms with E-state index in [9.17, 15) is 0 Å². The topological polar surface area (TPSA) is 21.7 Å². The van der Waals surface area contributed by atoms with Gasteiger partial charge < -0.3 is 14.4 Å². The highest BCUT2D eigenvalue weighted by molar-refractivity contribution is 4.58. The van der Waals surface area contributed by atoms with Gasteiger partial charge in [0, 0.05) is 13.7 Å². The number of methoxy groups -OCH3 is 1. The minimum Gasteiger partial charge on any atom is -0.382 e. The van der Waals surface area contributed by atoms with E-state index >= 15 is 0 Å². The normalized spacial score (nSPS) is 11.3. The zero-order valence-corrected chi connectivity index (χ0v) is 12.7. The minimum absolute atomic E-state index is 0.700. The molecule has 3 nitrogen and oxygen atoms in total. The van der Waals surface area contributed by atoms with Crippen molar-refractivity contribution in [1.82, 2.24) is 4.90 Å². The van der Waals surface area contributed by atoms with E-state index in [1.54, 1.807) is 7.11 Å². The number of hydrogen-bond acceptors (Lipinski definition) is 3. The standard InChI is InChI=1S/C15H33NO2/c1-4-6-8-10-16(11-9-7-5-2)12-13-18-15-14-17-3/h4-15H2,1-3H3. The highest BCUT2D eigenvalue weighted by atomic mass is 16.5. The Bertz CT molecular complexity index is 143. The smallest absolute Gasteiger partial charge is 0.0700 e. The fourth-order valence-electron chi connectivity index (χ4n) is 1.94. The summed E-state index contributed by atoms with van der Waals surface area (Å²) in [6.45, 7) is 10.3. The van der Waals surface area contributed by atoms with Crippen LogP contribution in [-0.4, -0.2) is 51.5 Å². The molecule has 0 amide bonds. The average Bonchev–Trinajstić information content (AvgIpc) is 2.38. The van der Waals surface area contributed by atoms with Gasteiger partial charge in [-0.15, -0.1) is 0 Å². The number of hydrogen-bond donors (Lipinski definition) is 0. The van der Waals surface area contributed by atoms with Crippen molar-refractivity contribution in [3.8, 4) is 0 Å². The molecule has 0 aliphatic rings. The Morgan fingerprint density at radius 1 is 0.722 bits per heavy atom. The minimum atomic E-state index is 0.700. The van der Waals surface area contributed by atoms with Crippen molar-refractivity contribution in [2.75, 3.05) is 46.6 Å². The first-order chi connectivity index (χ1) is 8.85. The van der Waals surface area contributed by atoms with Gasteiger partial charge in [0.25, 0.3) is 0 Å². The van der Waals surface area contributed by atoms with Gasteiger partial charge in [0.2, 0.25) is 0 Å². The monoisotopic (exact) mass is 259 g/mol. The van der Waals surface area contributed by atoms with Crippen molar-refractivity contribution in [2.24, 2.45) is 0 Å². The van der Waals surface area contributed by atoms with Crippen molar-refractivity contribution < 1.29 is 9.47 Å². The van der Waals surface area contributed by atoms with E-state index < -0.39 is 0 Å². The van der Waals surface area contributed by atoms with Crippen LogP contribution in [-0.2, 0) is 9.47 Å². The average molecular weight is 259 g/mol. The lowest BCUT2D eigenvalue weighted by atomic mass is 10.2. The highest BCUT2D eigenvalue weighted by Crippen LogP contribution is 2.02. The van der Waals surface area contributed by atoms with Gasteiger partial charge in [-0.25, -0.2) is 0 Å². The maximum Gasteiger partial charge on any atom is 0.0700 e. The molecule has 0 aliphatic heterocycles. The van der Waals surface area contributed by atoms with E-state index in [0.717, 1.165) is 13.2 Å². The summed E-state index contributed by atoms with van der Waals surface area (Å²) in [5.41, 5.74) is 0. The summed E-state index contributed by atoms with van der Waals surface area (Å²) >= 11 is 0. The van der Waals surface area contributed by atoms with Crippen LogP contribution < -0.4 is 0 Å². The third kappa shape index (κ3) is 12.3. The van der Waals surface area contributed by atoms with Crippen LogP contribution in [0.25, 0.3) is 0 Å². The Balaban J connectivity index is 3.60. The van der Waals surface area contributed by atoms with Crippen molar-refractivity contribution >= 4 is 0 Å². The molecule has 0 aromatic carbocycles. The first-order valence-corrected chi connectivity index (χ1v) is 7.64. The molecule has 0 fully saturated rings. The molecule has 0 aliphatic carbocycles. The number of nitrogens with zero attached hydrogens (tertiary/aromatic N) is 1. The SMILES string of the molecule is CCCCCN(CCCCC)CCOCCOC. The van der Waals surface area contributed by atoms with Crippen LogP contribution in [0.2, 0.25) is 0 Å². The Kier molecular flexibility index (Phi) is 14.8. The van der Waals surface area contributed by atoms with Gasteiger partial charge in [-0.1, -0.05) is 39.5 Å². The second-order valence-electron chi connectivity index (χ2n) is 4.86. The first-order valence-electron chi connectivity index (χ1n) is 7.64. The Labute approximate surface area is 114 Å². The summed E-state index contributed by atoms with van der Waals surface area (Å²) in [6, 6.07) is 0. The fraction of sp³-hybridized carbons (Fsp3) is 1.00. The Morgan fingerprint density at radius 3 is 1.83 bits per heavy atom. The summed E-state index contributed by atoms with van der Waals surface area (Å²) in [6.07, 6.45) is 7.92. The molecule has 0 aromatic rings. The van der Waals surface area contributed by atoms with E-state index in [4.69, 9.17) is 9.47 Å². The van der Waals surface area contributed by atoms with Crippen LogP contribution in [0.1, 0.15) is 52.4 Å². The van der Waals surface area contributed by atoms with Crippen LogP contribution in [0.3, 0.4) is 0 Å². The molecule has 0 radical (unpaired) electrons. The van der Waals surface area contributed by atoms with Crippen LogP contribution >= 0.6 is 0 Å². The molecule has 3 heteroatoms. The van der Waals surface area contributed by atoms with Crippen molar-refractivity contribution in [3.63, 3.8) is 0 Å². The summed E-state index contributed by atoms with van der Waals surface area (Å²) < 4.78 is 10.5. The van der Waals surface area contributed by atoms with Crippen LogP contribution in [0.15, 0.2) is 0 Å². The fourth-order valence-corrected chi connectivity index (χ4v) is 1.94. The lowest BCUT2D eigenvalue weighted by Crippen LogP contribution is -2.30. The molecule has 0 saturated carbocycles. The molecule has 0 atom stereocenters. The van der Waals surface area contributed by atoms with Crippen molar-refractivity contribution in [2.45, 2.75) is 52.4 Å². The molecule has 0 heterocycles. The summed E-state index contributed by atoms with van der Waals surface area (Å²) in [7, 11) is 1.71. The van der Waals surface area contributed by atoms with Crippen LogP contribution in [0, 0.1) is 0 Å². The van der Waals surface area contributed by atoms with Crippen LogP contribution in [0.5, 0.6) is 0 Å². The predicted octanol–water partition coefficient (Wildman–Crippen LogP) is 3.33. The Hall–Kier alpha value is -0.120. The van der Waals surface area contributed by atoms with E-state index in [0.29, 0.717) is 13.2 Å². The molecular weight excluding hydrogens is 226 g/mol. The van der Waals surface area contributed by atoms with Crippen molar-refractivity contribution in [3.05, 3.63) is 0 Å². The molecule has 18 heavy (non-hydrogen) atoms. The first kappa shape index (κ1) is 17.9. The third-order valence-corrected chi connectivity index (χ3v) is 3.14. The Morgan fingerprint density at radius 2 is 1.33 bits per heavy atom. The number of rotatable bonds is 14. The maximum atomic E-state index is 5.55. The third-order valence-electron chi connectivity index (χ3n) is 3.14. The van der Waals surface area contributed by atoms with E-state index in [2.05, 4.69) is 18.7 Å². The van der Waals surface area contributed by atoms with Crippen LogP contribution in [0.4, 0.5) is 0 Å². The van der Waals surface area contributed by atoms with Gasteiger partial charge >= 0.3 is 0 Å². The quantitative estimate of drug-likeness (QED) is 0.447. The second-order valence-corrected chi connectivity index (χ2v) is 4.86. The van der Waals surface area contributed by atoms with Crippen molar-refractivity contribution in [1.29, 1.82) is 0 Å². The zero-order chi connectivity index (χ0) is 13.5. The largest absolute Gasteiger partial charge is 0.382 e. The van der Waals surface area contributed by atoms with E-state index in [-0.39, 0.29) is 0 Å². The predicted molar refractivity (Wildman–Crippen MR) is 78.2 cm³/mol. The lowest BCUT2D eigenvalue weighted by Gasteiger charge is -2.22. The highest BCUT2D eigenvalue weighted by Gasteiger charge is 2.04. The molecule has 0 aromatic heterocycles. The summed E-state index contributed by atoms with van der Waals surface area (Å²) in [4.78, 5) is 2.55. The number of unbranched alkanes of at least 4 members (excludes halogenated alkanes) is 4. The zero-order valence-electron chi connectivity index (χ0n) is 12.7. The molecule has 0 N–H and O–H groups in total. The van der Waals surface area contributed by atoms with E-state index in [1.165, 1.54) is 51.6 Å². The molecule has 110 valence electrons. The maximum absolute atomic E-state index is 5.55. The molecule has 0 bridgehead atoms. The van der Waals surface area contributed by atoms with E-state index in [1.807, 2.05) is 0 Å². The summed E-state index contributed by atoms with van der Waals surface area (Å²) in [5.74, 6) is 0. The lowest BCUT2D eigenvalue weighted by molar-refractivity contribution is 0.0566. The van der Waals surface area contributed by atoms with Gasteiger partial charge in [-0.05, 0) is 25.9 Å².